The molecule has 1 atom stereocenters. The second-order valence-electron chi connectivity index (χ2n) is 7.12. The van der Waals surface area contributed by atoms with Crippen LogP contribution in [0.25, 0.3) is 22.1 Å². The van der Waals surface area contributed by atoms with E-state index in [1.165, 1.54) is 0 Å². The highest BCUT2D eigenvalue weighted by atomic mass is 16.2. The van der Waals surface area contributed by atoms with E-state index in [0.717, 1.165) is 41.5 Å². The normalized spacial score (nSPS) is 22.2. The standard InChI is InChI=1S/C18H18N6O/c19-10-18(4-5-18)17(25)23-7-1-2-12(9-23)24-11-22-14-8-21-16-13(15(14)24)3-6-20-16/h3,6,8,11-12H,1-2,4-5,7,9H2,(H,20,21). The molecular formula is C18H18N6O. The molecule has 3 aromatic rings. The van der Waals surface area contributed by atoms with Gasteiger partial charge in [0, 0.05) is 24.7 Å². The summed E-state index contributed by atoms with van der Waals surface area (Å²) in [5.74, 6) is 0.0116. The third-order valence-electron chi connectivity index (χ3n) is 5.57. The molecular weight excluding hydrogens is 316 g/mol. The van der Waals surface area contributed by atoms with Crippen molar-refractivity contribution in [1.82, 2.24) is 24.4 Å². The number of piperidine rings is 1. The second-order valence-corrected chi connectivity index (χ2v) is 7.12. The fourth-order valence-electron chi connectivity index (χ4n) is 3.98. The summed E-state index contributed by atoms with van der Waals surface area (Å²) in [4.78, 5) is 26.6. The van der Waals surface area contributed by atoms with Gasteiger partial charge < -0.3 is 14.5 Å². The summed E-state index contributed by atoms with van der Waals surface area (Å²) in [5, 5.41) is 10.4. The van der Waals surface area contributed by atoms with Gasteiger partial charge in [0.25, 0.3) is 0 Å². The lowest BCUT2D eigenvalue weighted by molar-refractivity contribution is -0.136. The number of nitrogens with one attached hydrogen (secondary N) is 1. The molecule has 2 fully saturated rings. The number of amides is 1. The van der Waals surface area contributed by atoms with Crippen molar-refractivity contribution >= 4 is 28.0 Å². The number of nitriles is 1. The van der Waals surface area contributed by atoms with Crippen molar-refractivity contribution < 1.29 is 4.79 Å². The Balaban J connectivity index is 1.51. The van der Waals surface area contributed by atoms with Gasteiger partial charge in [-0.2, -0.15) is 5.26 Å². The summed E-state index contributed by atoms with van der Waals surface area (Å²) in [5.41, 5.74) is 2.04. The zero-order chi connectivity index (χ0) is 17.0. The third kappa shape index (κ3) is 2.07. The Kier molecular flexibility index (Phi) is 2.93. The van der Waals surface area contributed by atoms with Crippen molar-refractivity contribution in [2.24, 2.45) is 5.41 Å². The first-order chi connectivity index (χ1) is 12.2. The number of rotatable bonds is 2. The summed E-state index contributed by atoms with van der Waals surface area (Å²) in [6, 6.07) is 4.42. The van der Waals surface area contributed by atoms with Crippen molar-refractivity contribution in [1.29, 1.82) is 5.26 Å². The molecule has 1 saturated heterocycles. The summed E-state index contributed by atoms with van der Waals surface area (Å²) < 4.78 is 2.18. The lowest BCUT2D eigenvalue weighted by Gasteiger charge is -2.34. The Labute approximate surface area is 144 Å². The number of aromatic nitrogens is 4. The molecule has 0 spiro atoms. The number of pyridine rings is 1. The van der Waals surface area contributed by atoms with Crippen LogP contribution in [-0.2, 0) is 4.79 Å². The smallest absolute Gasteiger partial charge is 0.243 e. The van der Waals surface area contributed by atoms with E-state index in [9.17, 15) is 10.1 Å². The highest BCUT2D eigenvalue weighted by Crippen LogP contribution is 2.47. The van der Waals surface area contributed by atoms with Gasteiger partial charge in [-0.05, 0) is 31.7 Å². The van der Waals surface area contributed by atoms with E-state index < -0.39 is 5.41 Å². The van der Waals surface area contributed by atoms with E-state index in [2.05, 4.69) is 25.6 Å². The number of H-pyrrole nitrogens is 1. The first kappa shape index (κ1) is 14.5. The Morgan fingerprint density at radius 2 is 2.28 bits per heavy atom. The van der Waals surface area contributed by atoms with E-state index in [0.29, 0.717) is 19.4 Å². The maximum Gasteiger partial charge on any atom is 0.243 e. The summed E-state index contributed by atoms with van der Waals surface area (Å²) in [7, 11) is 0. The molecule has 2 aliphatic rings. The Hall–Kier alpha value is -2.88. The van der Waals surface area contributed by atoms with Gasteiger partial charge in [-0.25, -0.2) is 9.97 Å². The van der Waals surface area contributed by atoms with E-state index in [1.54, 1.807) is 6.20 Å². The largest absolute Gasteiger partial charge is 0.346 e. The highest BCUT2D eigenvalue weighted by Gasteiger charge is 2.53. The van der Waals surface area contributed by atoms with Gasteiger partial charge >= 0.3 is 0 Å². The zero-order valence-corrected chi connectivity index (χ0v) is 13.8. The van der Waals surface area contributed by atoms with E-state index >= 15 is 0 Å². The lowest BCUT2D eigenvalue weighted by atomic mass is 10.0. The van der Waals surface area contributed by atoms with Crippen molar-refractivity contribution in [3.05, 3.63) is 24.8 Å². The van der Waals surface area contributed by atoms with Gasteiger partial charge in [0.2, 0.25) is 5.91 Å². The molecule has 25 heavy (non-hydrogen) atoms. The van der Waals surface area contributed by atoms with Crippen molar-refractivity contribution in [3.63, 3.8) is 0 Å². The maximum absolute atomic E-state index is 12.7. The average molecular weight is 334 g/mol. The van der Waals surface area contributed by atoms with Gasteiger partial charge in [0.1, 0.15) is 16.6 Å². The fourth-order valence-corrected chi connectivity index (χ4v) is 3.98. The van der Waals surface area contributed by atoms with Crippen LogP contribution in [0.3, 0.4) is 0 Å². The molecule has 1 N–H and O–H groups in total. The molecule has 1 aliphatic carbocycles. The summed E-state index contributed by atoms with van der Waals surface area (Å²) >= 11 is 0. The van der Waals surface area contributed by atoms with Crippen LogP contribution in [0, 0.1) is 16.7 Å². The number of hydrogen-bond donors (Lipinski definition) is 1. The number of aromatic amines is 1. The van der Waals surface area contributed by atoms with Gasteiger partial charge in [-0.3, -0.25) is 4.79 Å². The number of carbonyl (C=O) groups excluding carboxylic acids is 1. The molecule has 3 aromatic heterocycles. The van der Waals surface area contributed by atoms with Crippen LogP contribution < -0.4 is 0 Å². The zero-order valence-electron chi connectivity index (χ0n) is 13.8. The SMILES string of the molecule is N#CC1(C(=O)N2CCCC(n3cnc4cnc5[nH]ccc5c43)C2)CC1. The molecule has 1 saturated carbocycles. The molecule has 0 radical (unpaired) electrons. The maximum atomic E-state index is 12.7. The minimum Gasteiger partial charge on any atom is -0.346 e. The van der Waals surface area contributed by atoms with E-state index in [4.69, 9.17) is 0 Å². The predicted octanol–water partition coefficient (Wildman–Crippen LogP) is 2.38. The van der Waals surface area contributed by atoms with E-state index in [1.807, 2.05) is 23.5 Å². The van der Waals surface area contributed by atoms with Crippen LogP contribution in [0.1, 0.15) is 31.7 Å². The van der Waals surface area contributed by atoms with E-state index in [-0.39, 0.29) is 11.9 Å². The molecule has 126 valence electrons. The van der Waals surface area contributed by atoms with Crippen molar-refractivity contribution in [2.75, 3.05) is 13.1 Å². The molecule has 1 aliphatic heterocycles. The van der Waals surface area contributed by atoms with Crippen LogP contribution in [0.4, 0.5) is 0 Å². The number of carbonyl (C=O) groups is 1. The molecule has 5 rings (SSSR count). The quantitative estimate of drug-likeness (QED) is 0.779. The third-order valence-corrected chi connectivity index (χ3v) is 5.57. The number of hydrogen-bond acceptors (Lipinski definition) is 4. The predicted molar refractivity (Wildman–Crippen MR) is 91.5 cm³/mol. The number of nitrogens with zero attached hydrogens (tertiary/aromatic N) is 5. The number of fused-ring (bicyclic) bond motifs is 3. The molecule has 1 unspecified atom stereocenters. The summed E-state index contributed by atoms with van der Waals surface area (Å²) in [6.45, 7) is 1.38. The Bertz CT molecular complexity index is 1020. The molecule has 0 bridgehead atoms. The minimum atomic E-state index is -0.739. The van der Waals surface area contributed by atoms with Crippen molar-refractivity contribution in [2.45, 2.75) is 31.7 Å². The van der Waals surface area contributed by atoms with Gasteiger partial charge in [-0.1, -0.05) is 0 Å². The van der Waals surface area contributed by atoms with Gasteiger partial charge in [0.05, 0.1) is 30.2 Å². The van der Waals surface area contributed by atoms with Crippen LogP contribution in [-0.4, -0.2) is 43.4 Å². The highest BCUT2D eigenvalue weighted by molar-refractivity contribution is 6.01. The first-order valence-electron chi connectivity index (χ1n) is 8.71. The van der Waals surface area contributed by atoms with Crippen LogP contribution in [0.5, 0.6) is 0 Å². The van der Waals surface area contributed by atoms with Crippen molar-refractivity contribution in [3.8, 4) is 6.07 Å². The Morgan fingerprint density at radius 3 is 3.08 bits per heavy atom. The van der Waals surface area contributed by atoms with Crippen LogP contribution >= 0.6 is 0 Å². The topological polar surface area (TPSA) is 90.6 Å². The first-order valence-corrected chi connectivity index (χ1v) is 8.71. The molecule has 1 amide bonds. The Morgan fingerprint density at radius 1 is 1.40 bits per heavy atom. The fraction of sp³-hybridized carbons (Fsp3) is 0.444. The second kappa shape index (κ2) is 5.06. The number of imidazole rings is 1. The number of likely N-dealkylation sites (tertiary alicyclic amines) is 1. The monoisotopic (exact) mass is 334 g/mol. The van der Waals surface area contributed by atoms with Gasteiger partial charge in [0.15, 0.2) is 0 Å². The van der Waals surface area contributed by atoms with Gasteiger partial charge in [-0.15, -0.1) is 0 Å². The van der Waals surface area contributed by atoms with Crippen LogP contribution in [0.2, 0.25) is 0 Å². The average Bonchev–Trinajstić information content (AvgIpc) is 3.10. The molecule has 4 heterocycles. The summed E-state index contributed by atoms with van der Waals surface area (Å²) in [6.07, 6.45) is 8.87. The minimum absolute atomic E-state index is 0.0116. The molecule has 7 nitrogen and oxygen atoms in total. The molecule has 0 aromatic carbocycles. The lowest BCUT2D eigenvalue weighted by Crippen LogP contribution is -2.44. The van der Waals surface area contributed by atoms with Crippen LogP contribution in [0.15, 0.2) is 24.8 Å². The molecule has 7 heteroatoms.